The van der Waals surface area contributed by atoms with E-state index in [9.17, 15) is 4.79 Å². The van der Waals surface area contributed by atoms with Crippen LogP contribution in [-0.2, 0) is 16.0 Å². The average molecular weight is 323 g/mol. The molecule has 22 heavy (non-hydrogen) atoms. The van der Waals surface area contributed by atoms with Crippen LogP contribution in [0, 0.1) is 0 Å². The van der Waals surface area contributed by atoms with Crippen LogP contribution >= 0.6 is 12.2 Å². The fourth-order valence-corrected chi connectivity index (χ4v) is 2.34. The van der Waals surface area contributed by atoms with E-state index >= 15 is 0 Å². The molecule has 1 amide bonds. The number of nitrogens with one attached hydrogen (secondary N) is 1. The summed E-state index contributed by atoms with van der Waals surface area (Å²) in [5, 5.41) is 2.40. The number of hydrogen-bond acceptors (Lipinski definition) is 5. The molecule has 2 rings (SSSR count). The number of nitrogens with zero attached hydrogens (tertiary/aromatic N) is 1. The van der Waals surface area contributed by atoms with Crippen LogP contribution in [-0.4, -0.2) is 55.4 Å². The molecule has 1 aromatic carbocycles. The molecule has 1 aliphatic rings. The van der Waals surface area contributed by atoms with Gasteiger partial charge in [0.15, 0.2) is 5.11 Å². The van der Waals surface area contributed by atoms with E-state index in [2.05, 4.69) is 22.4 Å². The topological polar surface area (TPSA) is 76.8 Å². The number of thiocarbonyl (C=S) groups is 1. The van der Waals surface area contributed by atoms with E-state index < -0.39 is 0 Å². The summed E-state index contributed by atoms with van der Waals surface area (Å²) in [4.78, 5) is 13.9. The maximum absolute atomic E-state index is 11.6. The number of carbonyl (C=O) groups excluding carboxylic acids is 1. The second kappa shape index (κ2) is 8.67. The molecule has 0 aliphatic carbocycles. The number of nitrogens with two attached hydrogens (primary N) is 1. The molecule has 1 heterocycles. The van der Waals surface area contributed by atoms with Gasteiger partial charge < -0.3 is 20.5 Å². The molecule has 6 nitrogen and oxygen atoms in total. The smallest absolute Gasteiger partial charge is 0.230 e. The summed E-state index contributed by atoms with van der Waals surface area (Å²) < 4.78 is 11.1. The Balaban J connectivity index is 1.78. The van der Waals surface area contributed by atoms with Crippen molar-refractivity contribution < 1.29 is 14.3 Å². The van der Waals surface area contributed by atoms with E-state index in [1.54, 1.807) is 0 Å². The first-order valence-electron chi connectivity index (χ1n) is 7.24. The highest BCUT2D eigenvalue weighted by atomic mass is 32.1. The fraction of sp³-hybridized carbons (Fsp3) is 0.467. The number of hydrogen-bond donors (Lipinski definition) is 2. The number of carbonyl (C=O) groups is 1. The average Bonchev–Trinajstić information content (AvgIpc) is 2.48. The Kier molecular flexibility index (Phi) is 6.57. The number of morpholine rings is 1. The first-order chi connectivity index (χ1) is 10.6. The number of benzene rings is 1. The Hall–Kier alpha value is -1.70. The SMILES string of the molecule is NC(=S)NC(=O)Cc1cccc(OCCN2CCOCC2)c1. The van der Waals surface area contributed by atoms with Crippen molar-refractivity contribution in [3.05, 3.63) is 29.8 Å². The molecule has 0 bridgehead atoms. The Labute approximate surface area is 135 Å². The molecular weight excluding hydrogens is 302 g/mol. The molecular formula is C15H21N3O3S. The molecule has 1 aliphatic heterocycles. The lowest BCUT2D eigenvalue weighted by molar-refractivity contribution is -0.119. The van der Waals surface area contributed by atoms with E-state index in [1.165, 1.54) is 0 Å². The van der Waals surface area contributed by atoms with Gasteiger partial charge in [0.25, 0.3) is 0 Å². The van der Waals surface area contributed by atoms with Crippen LogP contribution < -0.4 is 15.8 Å². The summed E-state index contributed by atoms with van der Waals surface area (Å²) in [6, 6.07) is 7.48. The van der Waals surface area contributed by atoms with Gasteiger partial charge in [0.05, 0.1) is 19.6 Å². The zero-order chi connectivity index (χ0) is 15.8. The van der Waals surface area contributed by atoms with Crippen molar-refractivity contribution >= 4 is 23.2 Å². The van der Waals surface area contributed by atoms with Gasteiger partial charge in [-0.25, -0.2) is 0 Å². The normalized spacial score (nSPS) is 15.3. The predicted molar refractivity (Wildman–Crippen MR) is 87.8 cm³/mol. The zero-order valence-electron chi connectivity index (χ0n) is 12.4. The van der Waals surface area contributed by atoms with Crippen molar-refractivity contribution in [2.75, 3.05) is 39.5 Å². The molecule has 0 saturated carbocycles. The minimum absolute atomic E-state index is 0.0112. The molecule has 0 unspecified atom stereocenters. The Morgan fingerprint density at radius 2 is 2.18 bits per heavy atom. The highest BCUT2D eigenvalue weighted by molar-refractivity contribution is 7.80. The molecule has 1 saturated heterocycles. The second-order valence-electron chi connectivity index (χ2n) is 5.04. The van der Waals surface area contributed by atoms with Crippen molar-refractivity contribution in [3.63, 3.8) is 0 Å². The summed E-state index contributed by atoms with van der Waals surface area (Å²) in [6.07, 6.45) is 0.220. The van der Waals surface area contributed by atoms with E-state index in [1.807, 2.05) is 24.3 Å². The highest BCUT2D eigenvalue weighted by Crippen LogP contribution is 2.14. The molecule has 0 radical (unpaired) electrons. The van der Waals surface area contributed by atoms with Crippen LogP contribution in [0.5, 0.6) is 5.75 Å². The minimum Gasteiger partial charge on any atom is -0.492 e. The zero-order valence-corrected chi connectivity index (χ0v) is 13.2. The molecule has 1 aromatic rings. The third kappa shape index (κ3) is 5.97. The van der Waals surface area contributed by atoms with Crippen LogP contribution in [0.25, 0.3) is 0 Å². The van der Waals surface area contributed by atoms with Crippen LogP contribution in [0.4, 0.5) is 0 Å². The largest absolute Gasteiger partial charge is 0.492 e. The van der Waals surface area contributed by atoms with E-state index in [-0.39, 0.29) is 17.4 Å². The third-order valence-electron chi connectivity index (χ3n) is 3.31. The van der Waals surface area contributed by atoms with Gasteiger partial charge >= 0.3 is 0 Å². The molecule has 1 fully saturated rings. The van der Waals surface area contributed by atoms with Gasteiger partial charge in [-0.05, 0) is 29.9 Å². The van der Waals surface area contributed by atoms with Gasteiger partial charge in [-0.3, -0.25) is 9.69 Å². The maximum Gasteiger partial charge on any atom is 0.230 e. The van der Waals surface area contributed by atoms with Gasteiger partial charge in [-0.15, -0.1) is 0 Å². The first-order valence-corrected chi connectivity index (χ1v) is 7.65. The monoisotopic (exact) mass is 323 g/mol. The molecule has 3 N–H and O–H groups in total. The maximum atomic E-state index is 11.6. The van der Waals surface area contributed by atoms with E-state index in [0.29, 0.717) is 6.61 Å². The highest BCUT2D eigenvalue weighted by Gasteiger charge is 2.10. The quantitative estimate of drug-likeness (QED) is 0.733. The molecule has 0 aromatic heterocycles. The van der Waals surface area contributed by atoms with Crippen molar-refractivity contribution in [1.29, 1.82) is 0 Å². The Bertz CT molecular complexity index is 519. The summed E-state index contributed by atoms with van der Waals surface area (Å²) in [5.74, 6) is 0.534. The van der Waals surface area contributed by atoms with Gasteiger partial charge in [0.1, 0.15) is 12.4 Å². The molecule has 7 heteroatoms. The molecule has 120 valence electrons. The standard InChI is InChI=1S/C15H21N3O3S/c16-15(22)17-14(19)11-12-2-1-3-13(10-12)21-9-6-18-4-7-20-8-5-18/h1-3,10H,4-9,11H2,(H3,16,17,19,22). The summed E-state index contributed by atoms with van der Waals surface area (Å²) in [7, 11) is 0. The van der Waals surface area contributed by atoms with Crippen LogP contribution in [0.1, 0.15) is 5.56 Å². The third-order valence-corrected chi connectivity index (χ3v) is 3.41. The number of amides is 1. The predicted octanol–water partition coefficient (Wildman–Crippen LogP) is 0.300. The van der Waals surface area contributed by atoms with E-state index in [4.69, 9.17) is 15.2 Å². The number of ether oxygens (including phenoxy) is 2. The fourth-order valence-electron chi connectivity index (χ4n) is 2.23. The van der Waals surface area contributed by atoms with Crippen molar-refractivity contribution in [1.82, 2.24) is 10.2 Å². The summed E-state index contributed by atoms with van der Waals surface area (Å²) in [6.45, 7) is 4.95. The lowest BCUT2D eigenvalue weighted by Gasteiger charge is -2.26. The van der Waals surface area contributed by atoms with Crippen molar-refractivity contribution in [3.8, 4) is 5.75 Å². The van der Waals surface area contributed by atoms with Gasteiger partial charge in [-0.1, -0.05) is 12.1 Å². The van der Waals surface area contributed by atoms with E-state index in [0.717, 1.165) is 44.2 Å². The molecule has 0 atom stereocenters. The van der Waals surface area contributed by atoms with Crippen LogP contribution in [0.3, 0.4) is 0 Å². The van der Waals surface area contributed by atoms with Crippen LogP contribution in [0.15, 0.2) is 24.3 Å². The Morgan fingerprint density at radius 3 is 2.91 bits per heavy atom. The molecule has 0 spiro atoms. The second-order valence-corrected chi connectivity index (χ2v) is 5.48. The van der Waals surface area contributed by atoms with Crippen molar-refractivity contribution in [2.45, 2.75) is 6.42 Å². The minimum atomic E-state index is -0.224. The van der Waals surface area contributed by atoms with Gasteiger partial charge in [-0.2, -0.15) is 0 Å². The van der Waals surface area contributed by atoms with Crippen molar-refractivity contribution in [2.24, 2.45) is 5.73 Å². The summed E-state index contributed by atoms with van der Waals surface area (Å²) >= 11 is 4.64. The van der Waals surface area contributed by atoms with Crippen LogP contribution in [0.2, 0.25) is 0 Å². The summed E-state index contributed by atoms with van der Waals surface area (Å²) in [5.41, 5.74) is 6.13. The number of rotatable bonds is 6. The lowest BCUT2D eigenvalue weighted by atomic mass is 10.1. The lowest BCUT2D eigenvalue weighted by Crippen LogP contribution is -2.38. The first kappa shape index (κ1) is 16.7. The van der Waals surface area contributed by atoms with Gasteiger partial charge in [0, 0.05) is 19.6 Å². The van der Waals surface area contributed by atoms with Gasteiger partial charge in [0.2, 0.25) is 5.91 Å². The Morgan fingerprint density at radius 1 is 1.41 bits per heavy atom.